The van der Waals surface area contributed by atoms with Crippen LogP contribution in [0.5, 0.6) is 0 Å². The van der Waals surface area contributed by atoms with Crippen molar-refractivity contribution in [2.75, 3.05) is 0 Å². The van der Waals surface area contributed by atoms with Crippen LogP contribution >= 0.6 is 15.9 Å². The fourth-order valence-corrected chi connectivity index (χ4v) is 0.986. The standard InChI is InChI=1S/C5H6BrN5/c6-3-1-9-2-10-4(3)5(7)11-8/h1-2H,8H2,(H2,7,11). The molecule has 11 heavy (non-hydrogen) atoms. The Balaban J connectivity index is 3.14. The van der Waals surface area contributed by atoms with Crippen LogP contribution in [0, 0.1) is 0 Å². The first-order valence-corrected chi connectivity index (χ1v) is 3.54. The minimum Gasteiger partial charge on any atom is -0.380 e. The van der Waals surface area contributed by atoms with E-state index in [-0.39, 0.29) is 5.84 Å². The maximum Gasteiger partial charge on any atom is 0.170 e. The molecular formula is C5H6BrN5. The molecule has 0 aromatic carbocycles. The Morgan fingerprint density at radius 2 is 2.36 bits per heavy atom. The smallest absolute Gasteiger partial charge is 0.170 e. The van der Waals surface area contributed by atoms with Crippen molar-refractivity contribution < 1.29 is 0 Å². The van der Waals surface area contributed by atoms with Crippen LogP contribution in [0.25, 0.3) is 0 Å². The third-order valence-corrected chi connectivity index (χ3v) is 1.63. The summed E-state index contributed by atoms with van der Waals surface area (Å²) in [5.74, 6) is 5.13. The predicted molar refractivity (Wildman–Crippen MR) is 44.6 cm³/mol. The van der Waals surface area contributed by atoms with Gasteiger partial charge in [-0.15, -0.1) is 0 Å². The van der Waals surface area contributed by atoms with Gasteiger partial charge in [-0.05, 0) is 15.9 Å². The topological polar surface area (TPSA) is 90.2 Å². The first-order valence-electron chi connectivity index (χ1n) is 2.75. The zero-order valence-corrected chi connectivity index (χ0v) is 7.12. The summed E-state index contributed by atoms with van der Waals surface area (Å²) >= 11 is 3.20. The molecule has 0 bridgehead atoms. The molecule has 4 N–H and O–H groups in total. The van der Waals surface area contributed by atoms with Crippen molar-refractivity contribution in [1.29, 1.82) is 0 Å². The van der Waals surface area contributed by atoms with Gasteiger partial charge in [0.15, 0.2) is 5.84 Å². The molecule has 0 radical (unpaired) electrons. The van der Waals surface area contributed by atoms with Gasteiger partial charge < -0.3 is 11.6 Å². The molecule has 1 heterocycles. The highest BCUT2D eigenvalue weighted by Gasteiger charge is 2.03. The van der Waals surface area contributed by atoms with Crippen LogP contribution in [0.15, 0.2) is 22.1 Å². The van der Waals surface area contributed by atoms with E-state index in [9.17, 15) is 0 Å². The van der Waals surface area contributed by atoms with Gasteiger partial charge in [0, 0.05) is 6.20 Å². The highest BCUT2D eigenvalue weighted by Crippen LogP contribution is 2.10. The molecule has 0 aliphatic rings. The third kappa shape index (κ3) is 1.64. The molecule has 1 aromatic rings. The maximum absolute atomic E-state index is 5.40. The van der Waals surface area contributed by atoms with Crippen molar-refractivity contribution in [3.63, 3.8) is 0 Å². The van der Waals surface area contributed by atoms with Gasteiger partial charge >= 0.3 is 0 Å². The quantitative estimate of drug-likeness (QED) is 0.295. The minimum absolute atomic E-state index is 0.180. The number of amidine groups is 1. The summed E-state index contributed by atoms with van der Waals surface area (Å²) in [6.07, 6.45) is 2.94. The third-order valence-electron chi connectivity index (χ3n) is 1.05. The molecule has 0 amide bonds. The van der Waals surface area contributed by atoms with Crippen molar-refractivity contribution in [3.05, 3.63) is 22.7 Å². The van der Waals surface area contributed by atoms with E-state index in [0.29, 0.717) is 10.2 Å². The fraction of sp³-hybridized carbons (Fsp3) is 0. The normalized spacial score (nSPS) is 11.5. The number of nitrogens with zero attached hydrogens (tertiary/aromatic N) is 3. The van der Waals surface area contributed by atoms with Crippen LogP contribution in [0.2, 0.25) is 0 Å². The first kappa shape index (κ1) is 7.93. The molecule has 0 spiro atoms. The van der Waals surface area contributed by atoms with Gasteiger partial charge in [0.1, 0.15) is 12.0 Å². The summed E-state index contributed by atoms with van der Waals surface area (Å²) in [5, 5.41) is 3.29. The van der Waals surface area contributed by atoms with Crippen molar-refractivity contribution in [2.24, 2.45) is 16.7 Å². The van der Waals surface area contributed by atoms with Gasteiger partial charge in [0.2, 0.25) is 0 Å². The van der Waals surface area contributed by atoms with Crippen LogP contribution in [0.4, 0.5) is 0 Å². The summed E-state index contributed by atoms with van der Waals surface area (Å²) < 4.78 is 0.673. The second kappa shape index (κ2) is 3.29. The van der Waals surface area contributed by atoms with Crippen LogP contribution in [0.1, 0.15) is 5.69 Å². The van der Waals surface area contributed by atoms with Crippen molar-refractivity contribution in [3.8, 4) is 0 Å². The molecule has 0 aliphatic heterocycles. The van der Waals surface area contributed by atoms with Crippen LogP contribution in [-0.4, -0.2) is 15.8 Å². The number of aromatic nitrogens is 2. The van der Waals surface area contributed by atoms with E-state index >= 15 is 0 Å². The Kier molecular flexibility index (Phi) is 2.37. The molecule has 58 valence electrons. The van der Waals surface area contributed by atoms with Gasteiger partial charge in [-0.2, -0.15) is 5.10 Å². The number of rotatable bonds is 1. The summed E-state index contributed by atoms with van der Waals surface area (Å²) in [7, 11) is 0. The lowest BCUT2D eigenvalue weighted by Crippen LogP contribution is -2.17. The monoisotopic (exact) mass is 215 g/mol. The van der Waals surface area contributed by atoms with Crippen LogP contribution in [-0.2, 0) is 0 Å². The number of halogens is 1. The zero-order valence-electron chi connectivity index (χ0n) is 5.53. The first-order chi connectivity index (χ1) is 5.25. The lowest BCUT2D eigenvalue weighted by atomic mass is 10.4. The van der Waals surface area contributed by atoms with E-state index < -0.39 is 0 Å². The molecule has 0 fully saturated rings. The Morgan fingerprint density at radius 3 is 2.91 bits per heavy atom. The number of hydrazone groups is 1. The Hall–Kier alpha value is -1.17. The molecule has 5 nitrogen and oxygen atoms in total. The van der Waals surface area contributed by atoms with Crippen molar-refractivity contribution in [1.82, 2.24) is 9.97 Å². The van der Waals surface area contributed by atoms with Crippen molar-refractivity contribution >= 4 is 21.8 Å². The van der Waals surface area contributed by atoms with Gasteiger partial charge in [0.05, 0.1) is 4.47 Å². The molecule has 0 unspecified atom stereocenters. The molecule has 0 atom stereocenters. The zero-order chi connectivity index (χ0) is 8.27. The maximum atomic E-state index is 5.40. The highest BCUT2D eigenvalue weighted by atomic mass is 79.9. The molecule has 0 saturated carbocycles. The molecule has 0 saturated heterocycles. The van der Waals surface area contributed by atoms with Gasteiger partial charge in [0.25, 0.3) is 0 Å². The van der Waals surface area contributed by atoms with Crippen LogP contribution in [0.3, 0.4) is 0 Å². The average molecular weight is 216 g/mol. The fourth-order valence-electron chi connectivity index (χ4n) is 0.562. The lowest BCUT2D eigenvalue weighted by molar-refractivity contribution is 1.11. The van der Waals surface area contributed by atoms with Crippen LogP contribution < -0.4 is 11.6 Å². The van der Waals surface area contributed by atoms with Gasteiger partial charge in [-0.3, -0.25) is 0 Å². The van der Waals surface area contributed by atoms with E-state index in [2.05, 4.69) is 31.0 Å². The lowest BCUT2D eigenvalue weighted by Gasteiger charge is -1.98. The molecule has 1 aromatic heterocycles. The molecule has 1 rings (SSSR count). The second-order valence-corrected chi connectivity index (χ2v) is 2.59. The number of hydrogen-bond acceptors (Lipinski definition) is 4. The average Bonchev–Trinajstić information content (AvgIpc) is 2.04. The largest absolute Gasteiger partial charge is 0.380 e. The highest BCUT2D eigenvalue weighted by molar-refractivity contribution is 9.10. The summed E-state index contributed by atoms with van der Waals surface area (Å²) in [5.41, 5.74) is 5.90. The summed E-state index contributed by atoms with van der Waals surface area (Å²) in [4.78, 5) is 7.61. The summed E-state index contributed by atoms with van der Waals surface area (Å²) in [6, 6.07) is 0. The number of nitrogens with two attached hydrogens (primary N) is 2. The Morgan fingerprint density at radius 1 is 1.64 bits per heavy atom. The molecular weight excluding hydrogens is 210 g/mol. The minimum atomic E-state index is 0.180. The predicted octanol–water partition coefficient (Wildman–Crippen LogP) is -0.182. The Bertz CT molecular complexity index is 284. The van der Waals surface area contributed by atoms with E-state index in [0.717, 1.165) is 0 Å². The summed E-state index contributed by atoms with van der Waals surface area (Å²) in [6.45, 7) is 0. The molecule has 0 aliphatic carbocycles. The van der Waals surface area contributed by atoms with Crippen molar-refractivity contribution in [2.45, 2.75) is 0 Å². The SMILES string of the molecule is N/N=C(\N)c1ncncc1Br. The van der Waals surface area contributed by atoms with E-state index in [1.54, 1.807) is 6.20 Å². The molecule has 6 heteroatoms. The van der Waals surface area contributed by atoms with E-state index in [1.165, 1.54) is 6.33 Å². The van der Waals surface area contributed by atoms with E-state index in [1.807, 2.05) is 0 Å². The second-order valence-electron chi connectivity index (χ2n) is 1.73. The van der Waals surface area contributed by atoms with Gasteiger partial charge in [-0.1, -0.05) is 0 Å². The Labute approximate surface area is 71.6 Å². The number of hydrogen-bond donors (Lipinski definition) is 2. The van der Waals surface area contributed by atoms with Gasteiger partial charge in [-0.25, -0.2) is 9.97 Å². The van der Waals surface area contributed by atoms with E-state index in [4.69, 9.17) is 11.6 Å².